The van der Waals surface area contributed by atoms with E-state index in [0.29, 0.717) is 11.4 Å². The summed E-state index contributed by atoms with van der Waals surface area (Å²) in [7, 11) is 2.06. The van der Waals surface area contributed by atoms with Crippen LogP contribution in [0.4, 0.5) is 0 Å². The minimum absolute atomic E-state index is 0.182. The summed E-state index contributed by atoms with van der Waals surface area (Å²) in [5, 5.41) is 0.702. The van der Waals surface area contributed by atoms with Crippen molar-refractivity contribution in [3.8, 4) is 0 Å². The first-order chi connectivity index (χ1) is 9.63. The smallest absolute Gasteiger partial charge is 0.227 e. The molecule has 1 aromatic heterocycles. The zero-order chi connectivity index (χ0) is 14.1. The molecule has 0 saturated carbocycles. The molecule has 2 heterocycles. The average Bonchev–Trinajstić information content (AvgIpc) is 2.82. The molecule has 3 rings (SSSR count). The molecule has 1 aliphatic heterocycles. The third kappa shape index (κ3) is 2.59. The Bertz CT molecular complexity index is 630. The lowest BCUT2D eigenvalue weighted by Crippen LogP contribution is -2.37. The van der Waals surface area contributed by atoms with Crippen molar-refractivity contribution >= 4 is 17.5 Å². The van der Waals surface area contributed by atoms with Crippen LogP contribution in [0.5, 0.6) is 0 Å². The fourth-order valence-corrected chi connectivity index (χ4v) is 2.85. The maximum absolute atomic E-state index is 12.4. The lowest BCUT2D eigenvalue weighted by atomic mass is 10.1. The average molecular weight is 289 g/mol. The van der Waals surface area contributed by atoms with Crippen LogP contribution < -0.4 is 0 Å². The lowest BCUT2D eigenvalue weighted by Gasteiger charge is -2.28. The quantitative estimate of drug-likeness (QED) is 0.834. The van der Waals surface area contributed by atoms with Gasteiger partial charge in [0.05, 0.1) is 6.42 Å². The van der Waals surface area contributed by atoms with E-state index in [0.717, 1.165) is 25.1 Å². The van der Waals surface area contributed by atoms with Crippen molar-refractivity contribution in [2.75, 3.05) is 6.54 Å². The first-order valence-electron chi connectivity index (χ1n) is 6.79. The van der Waals surface area contributed by atoms with Crippen molar-refractivity contribution in [2.45, 2.75) is 19.4 Å². The summed E-state index contributed by atoms with van der Waals surface area (Å²) >= 11 is 5.86. The molecular weight excluding hydrogens is 272 g/mol. The Morgan fingerprint density at radius 3 is 2.75 bits per heavy atom. The van der Waals surface area contributed by atoms with E-state index < -0.39 is 0 Å². The molecule has 1 aromatic carbocycles. The normalized spacial score (nSPS) is 14.2. The van der Waals surface area contributed by atoms with Crippen LogP contribution in [0, 0.1) is 0 Å². The Kier molecular flexibility index (Phi) is 3.53. The van der Waals surface area contributed by atoms with E-state index in [1.165, 1.54) is 11.3 Å². The maximum Gasteiger partial charge on any atom is 0.227 e. The number of halogens is 1. The Balaban J connectivity index is 1.68. The number of fused-ring (bicyclic) bond motifs is 1. The van der Waals surface area contributed by atoms with E-state index in [1.54, 1.807) is 0 Å². The number of benzene rings is 1. The number of carbonyl (C=O) groups excluding carboxylic acids is 1. The molecule has 1 aliphatic rings. The first kappa shape index (κ1) is 13.3. The standard InChI is InChI=1S/C16H17ClN2O/c1-18-8-6-13-11-19(9-7-15(13)18)16(20)10-12-2-4-14(17)5-3-12/h2-6,8H,7,9-11H2,1H3. The summed E-state index contributed by atoms with van der Waals surface area (Å²) in [5.74, 6) is 0.182. The maximum atomic E-state index is 12.4. The van der Waals surface area contributed by atoms with E-state index in [2.05, 4.69) is 23.9 Å². The second kappa shape index (κ2) is 5.33. The summed E-state index contributed by atoms with van der Waals surface area (Å²) in [5.41, 5.74) is 3.63. The molecule has 2 aromatic rings. The number of rotatable bonds is 2. The summed E-state index contributed by atoms with van der Waals surface area (Å²) in [6.07, 6.45) is 3.45. The Morgan fingerprint density at radius 1 is 1.25 bits per heavy atom. The number of amides is 1. The van der Waals surface area contributed by atoms with Crippen molar-refractivity contribution in [3.63, 3.8) is 0 Å². The predicted octanol–water partition coefficient (Wildman–Crippen LogP) is 2.81. The second-order valence-corrected chi connectivity index (χ2v) is 5.70. The monoisotopic (exact) mass is 288 g/mol. The molecule has 104 valence electrons. The van der Waals surface area contributed by atoms with Crippen molar-refractivity contribution in [3.05, 3.63) is 58.4 Å². The van der Waals surface area contributed by atoms with Gasteiger partial charge in [-0.25, -0.2) is 0 Å². The van der Waals surface area contributed by atoms with Gasteiger partial charge < -0.3 is 9.47 Å². The molecule has 20 heavy (non-hydrogen) atoms. The summed E-state index contributed by atoms with van der Waals surface area (Å²) in [6.45, 7) is 1.53. The van der Waals surface area contributed by atoms with Gasteiger partial charge in [-0.2, -0.15) is 0 Å². The second-order valence-electron chi connectivity index (χ2n) is 5.27. The number of aryl methyl sites for hydroxylation is 1. The van der Waals surface area contributed by atoms with Gasteiger partial charge in [-0.3, -0.25) is 4.79 Å². The van der Waals surface area contributed by atoms with Gasteiger partial charge in [-0.1, -0.05) is 23.7 Å². The van der Waals surface area contributed by atoms with Crippen molar-refractivity contribution in [2.24, 2.45) is 7.05 Å². The van der Waals surface area contributed by atoms with Gasteiger partial charge in [0.2, 0.25) is 5.91 Å². The molecule has 0 N–H and O–H groups in total. The number of aromatic nitrogens is 1. The number of hydrogen-bond donors (Lipinski definition) is 0. The van der Waals surface area contributed by atoms with Crippen LogP contribution in [-0.2, 0) is 31.2 Å². The molecule has 0 unspecified atom stereocenters. The van der Waals surface area contributed by atoms with E-state index in [-0.39, 0.29) is 5.91 Å². The van der Waals surface area contributed by atoms with Crippen LogP contribution in [0.3, 0.4) is 0 Å². The Hall–Kier alpha value is -1.74. The molecule has 0 radical (unpaired) electrons. The van der Waals surface area contributed by atoms with Crippen molar-refractivity contribution < 1.29 is 4.79 Å². The molecule has 3 nitrogen and oxygen atoms in total. The van der Waals surface area contributed by atoms with E-state index in [4.69, 9.17) is 11.6 Å². The largest absolute Gasteiger partial charge is 0.354 e. The predicted molar refractivity (Wildman–Crippen MR) is 79.7 cm³/mol. The van der Waals surface area contributed by atoms with Crippen LogP contribution in [0.1, 0.15) is 16.8 Å². The number of hydrogen-bond acceptors (Lipinski definition) is 1. The van der Waals surface area contributed by atoms with Crippen molar-refractivity contribution in [1.29, 1.82) is 0 Å². The van der Waals surface area contributed by atoms with Gasteiger partial charge in [0.1, 0.15) is 0 Å². The molecule has 1 amide bonds. The van der Waals surface area contributed by atoms with Crippen LogP contribution in [0.25, 0.3) is 0 Å². The highest BCUT2D eigenvalue weighted by molar-refractivity contribution is 6.30. The minimum Gasteiger partial charge on any atom is -0.354 e. The van der Waals surface area contributed by atoms with Gasteiger partial charge in [-0.05, 0) is 29.3 Å². The fourth-order valence-electron chi connectivity index (χ4n) is 2.72. The van der Waals surface area contributed by atoms with Gasteiger partial charge in [0.15, 0.2) is 0 Å². The zero-order valence-electron chi connectivity index (χ0n) is 11.5. The molecule has 0 atom stereocenters. The lowest BCUT2D eigenvalue weighted by molar-refractivity contribution is -0.131. The zero-order valence-corrected chi connectivity index (χ0v) is 12.2. The van der Waals surface area contributed by atoms with E-state index in [1.807, 2.05) is 29.2 Å². The Morgan fingerprint density at radius 2 is 2.00 bits per heavy atom. The summed E-state index contributed by atoms with van der Waals surface area (Å²) in [6, 6.07) is 9.60. The van der Waals surface area contributed by atoms with Gasteiger partial charge in [0, 0.05) is 43.5 Å². The third-order valence-corrected chi connectivity index (χ3v) is 4.15. The van der Waals surface area contributed by atoms with Gasteiger partial charge >= 0.3 is 0 Å². The van der Waals surface area contributed by atoms with Crippen LogP contribution in [-0.4, -0.2) is 21.9 Å². The highest BCUT2D eigenvalue weighted by Crippen LogP contribution is 2.20. The third-order valence-electron chi connectivity index (χ3n) is 3.90. The van der Waals surface area contributed by atoms with Crippen LogP contribution in [0.15, 0.2) is 36.5 Å². The molecular formula is C16H17ClN2O. The first-order valence-corrected chi connectivity index (χ1v) is 7.16. The van der Waals surface area contributed by atoms with E-state index in [9.17, 15) is 4.79 Å². The number of carbonyl (C=O) groups is 1. The fraction of sp³-hybridized carbons (Fsp3) is 0.312. The highest BCUT2D eigenvalue weighted by Gasteiger charge is 2.22. The minimum atomic E-state index is 0.182. The Labute approximate surface area is 123 Å². The molecule has 0 bridgehead atoms. The topological polar surface area (TPSA) is 25.2 Å². The van der Waals surface area contributed by atoms with Gasteiger partial charge in [0.25, 0.3) is 0 Å². The molecule has 0 fully saturated rings. The SMILES string of the molecule is Cn1ccc2c1CCN(C(=O)Cc1ccc(Cl)cc1)C2. The molecule has 0 saturated heterocycles. The van der Waals surface area contributed by atoms with Gasteiger partial charge in [-0.15, -0.1) is 0 Å². The molecule has 0 spiro atoms. The van der Waals surface area contributed by atoms with Crippen molar-refractivity contribution in [1.82, 2.24) is 9.47 Å². The summed E-state index contributed by atoms with van der Waals surface area (Å²) in [4.78, 5) is 14.3. The van der Waals surface area contributed by atoms with Crippen LogP contribution in [0.2, 0.25) is 5.02 Å². The number of nitrogens with zero attached hydrogens (tertiary/aromatic N) is 2. The molecule has 4 heteroatoms. The summed E-state index contributed by atoms with van der Waals surface area (Å²) < 4.78 is 2.15. The van der Waals surface area contributed by atoms with E-state index >= 15 is 0 Å². The van der Waals surface area contributed by atoms with Crippen LogP contribution >= 0.6 is 11.6 Å². The molecule has 0 aliphatic carbocycles. The highest BCUT2D eigenvalue weighted by atomic mass is 35.5.